The second-order valence-electron chi connectivity index (χ2n) is 7.25. The molecule has 1 aromatic rings. The molecular formula is C18H28ClN3O3S. The average Bonchev–Trinajstić information content (AvgIpc) is 3.03. The van der Waals surface area contributed by atoms with Gasteiger partial charge in [-0.3, -0.25) is 4.79 Å². The maximum Gasteiger partial charge on any atom is 0.243 e. The van der Waals surface area contributed by atoms with Crippen molar-refractivity contribution in [2.45, 2.75) is 44.0 Å². The molecule has 0 bridgehead atoms. The van der Waals surface area contributed by atoms with Crippen molar-refractivity contribution in [2.75, 3.05) is 26.2 Å². The summed E-state index contributed by atoms with van der Waals surface area (Å²) in [5, 5.41) is 0. The molecule has 2 fully saturated rings. The Hall–Kier alpha value is -1.15. The lowest BCUT2D eigenvalue weighted by atomic mass is 10.1. The van der Waals surface area contributed by atoms with Crippen LogP contribution in [0.2, 0.25) is 0 Å². The number of benzene rings is 1. The molecule has 1 aromatic carbocycles. The number of amides is 1. The van der Waals surface area contributed by atoms with Crippen LogP contribution in [0.1, 0.15) is 30.4 Å². The summed E-state index contributed by atoms with van der Waals surface area (Å²) < 4.78 is 27.2. The van der Waals surface area contributed by atoms with E-state index in [0.717, 1.165) is 30.4 Å². The first-order chi connectivity index (χ1) is 11.8. The van der Waals surface area contributed by atoms with E-state index in [0.29, 0.717) is 31.1 Å². The van der Waals surface area contributed by atoms with Crippen molar-refractivity contribution in [1.29, 1.82) is 0 Å². The zero-order valence-electron chi connectivity index (χ0n) is 15.3. The highest BCUT2D eigenvalue weighted by molar-refractivity contribution is 7.89. The van der Waals surface area contributed by atoms with Crippen LogP contribution in [-0.2, 0) is 14.8 Å². The van der Waals surface area contributed by atoms with Gasteiger partial charge in [0.15, 0.2) is 0 Å². The Labute approximate surface area is 162 Å². The molecule has 1 saturated heterocycles. The fourth-order valence-corrected chi connectivity index (χ4v) is 5.18. The highest BCUT2D eigenvalue weighted by Crippen LogP contribution is 2.27. The molecule has 2 N–H and O–H groups in total. The Morgan fingerprint density at radius 3 is 2.27 bits per heavy atom. The lowest BCUT2D eigenvalue weighted by Crippen LogP contribution is -2.51. The van der Waals surface area contributed by atoms with E-state index in [1.54, 1.807) is 17.0 Å². The van der Waals surface area contributed by atoms with E-state index in [9.17, 15) is 13.2 Å². The molecule has 1 aliphatic carbocycles. The minimum Gasteiger partial charge on any atom is -0.340 e. The first kappa shape index (κ1) is 21.2. The topological polar surface area (TPSA) is 83.7 Å². The number of carbonyl (C=O) groups excluding carboxylic acids is 1. The van der Waals surface area contributed by atoms with Gasteiger partial charge in [-0.15, -0.1) is 12.4 Å². The number of halogens is 1. The van der Waals surface area contributed by atoms with Crippen molar-refractivity contribution >= 4 is 28.3 Å². The summed E-state index contributed by atoms with van der Waals surface area (Å²) in [5.74, 6) is 0.147. The molecular weight excluding hydrogens is 374 g/mol. The molecule has 3 rings (SSSR count). The summed E-state index contributed by atoms with van der Waals surface area (Å²) in [6.45, 7) is 5.48. The van der Waals surface area contributed by atoms with E-state index in [4.69, 9.17) is 5.73 Å². The molecule has 0 aromatic heterocycles. The number of nitrogens with two attached hydrogens (primary N) is 1. The lowest BCUT2D eigenvalue weighted by Gasteiger charge is -2.35. The maximum atomic E-state index is 12.8. The molecule has 1 amide bonds. The summed E-state index contributed by atoms with van der Waals surface area (Å²) in [6, 6.07) is 5.35. The minimum absolute atomic E-state index is 0. The Morgan fingerprint density at radius 2 is 1.73 bits per heavy atom. The molecule has 6 nitrogen and oxygen atoms in total. The summed E-state index contributed by atoms with van der Waals surface area (Å²) in [4.78, 5) is 14.7. The van der Waals surface area contributed by atoms with Gasteiger partial charge >= 0.3 is 0 Å². The molecule has 8 heteroatoms. The van der Waals surface area contributed by atoms with Crippen molar-refractivity contribution in [3.8, 4) is 0 Å². The molecule has 0 spiro atoms. The molecule has 1 heterocycles. The van der Waals surface area contributed by atoms with Crippen LogP contribution < -0.4 is 5.73 Å². The van der Waals surface area contributed by atoms with Crippen LogP contribution >= 0.6 is 12.4 Å². The first-order valence-corrected chi connectivity index (χ1v) is 10.3. The van der Waals surface area contributed by atoms with Gasteiger partial charge in [-0.05, 0) is 56.4 Å². The Bertz CT molecular complexity index is 761. The average molecular weight is 402 g/mol. The molecule has 1 saturated carbocycles. The third-order valence-corrected chi connectivity index (χ3v) is 7.38. The van der Waals surface area contributed by atoms with Gasteiger partial charge in [-0.25, -0.2) is 8.42 Å². The number of sulfonamides is 1. The van der Waals surface area contributed by atoms with E-state index in [1.165, 1.54) is 4.31 Å². The molecule has 146 valence electrons. The second kappa shape index (κ2) is 8.25. The largest absolute Gasteiger partial charge is 0.340 e. The van der Waals surface area contributed by atoms with Crippen LogP contribution in [0.3, 0.4) is 0 Å². The van der Waals surface area contributed by atoms with E-state index < -0.39 is 10.0 Å². The first-order valence-electron chi connectivity index (χ1n) is 8.91. The third kappa shape index (κ3) is 4.22. The van der Waals surface area contributed by atoms with Gasteiger partial charge in [0.1, 0.15) is 0 Å². The van der Waals surface area contributed by atoms with E-state index >= 15 is 0 Å². The van der Waals surface area contributed by atoms with Gasteiger partial charge in [-0.1, -0.05) is 6.07 Å². The van der Waals surface area contributed by atoms with Crippen LogP contribution in [0.15, 0.2) is 23.1 Å². The maximum absolute atomic E-state index is 12.8. The van der Waals surface area contributed by atoms with E-state index in [2.05, 4.69) is 0 Å². The zero-order chi connectivity index (χ0) is 18.2. The Balaban J connectivity index is 0.00000243. The smallest absolute Gasteiger partial charge is 0.243 e. The Kier molecular flexibility index (Phi) is 6.71. The van der Waals surface area contributed by atoms with Gasteiger partial charge in [-0.2, -0.15) is 4.31 Å². The third-order valence-electron chi connectivity index (χ3n) is 5.49. The summed E-state index contributed by atoms with van der Waals surface area (Å²) >= 11 is 0. The Morgan fingerprint density at radius 1 is 1.08 bits per heavy atom. The molecule has 2 aliphatic rings. The second-order valence-corrected chi connectivity index (χ2v) is 9.18. The molecule has 26 heavy (non-hydrogen) atoms. The van der Waals surface area contributed by atoms with Crippen LogP contribution in [0, 0.1) is 19.8 Å². The zero-order valence-corrected chi connectivity index (χ0v) is 17.0. The summed E-state index contributed by atoms with van der Waals surface area (Å²) in [6.07, 6.45) is 2.50. The fraction of sp³-hybridized carbons (Fsp3) is 0.611. The molecule has 2 unspecified atom stereocenters. The van der Waals surface area contributed by atoms with Crippen LogP contribution in [-0.4, -0.2) is 55.8 Å². The number of carbonyl (C=O) groups is 1. The highest BCUT2D eigenvalue weighted by atomic mass is 35.5. The number of hydrogen-bond acceptors (Lipinski definition) is 4. The van der Waals surface area contributed by atoms with Crippen LogP contribution in [0.4, 0.5) is 0 Å². The van der Waals surface area contributed by atoms with Gasteiger partial charge in [0.2, 0.25) is 15.9 Å². The fourth-order valence-electron chi connectivity index (χ4n) is 3.67. The number of hydrogen-bond donors (Lipinski definition) is 1. The van der Waals surface area contributed by atoms with Crippen LogP contribution in [0.25, 0.3) is 0 Å². The monoisotopic (exact) mass is 401 g/mol. The number of nitrogens with zero attached hydrogens (tertiary/aromatic N) is 2. The SMILES string of the molecule is Cc1ccc(S(=O)(=O)N2CCN(C(=O)C3CCC(N)C3)CC2)cc1C.Cl. The lowest BCUT2D eigenvalue weighted by molar-refractivity contribution is -0.136. The predicted molar refractivity (Wildman–Crippen MR) is 104 cm³/mol. The quantitative estimate of drug-likeness (QED) is 0.835. The minimum atomic E-state index is -3.50. The summed E-state index contributed by atoms with van der Waals surface area (Å²) in [5.41, 5.74) is 7.94. The van der Waals surface area contributed by atoms with Crippen molar-refractivity contribution < 1.29 is 13.2 Å². The van der Waals surface area contributed by atoms with Crippen molar-refractivity contribution in [1.82, 2.24) is 9.21 Å². The van der Waals surface area contributed by atoms with Crippen molar-refractivity contribution in [2.24, 2.45) is 11.7 Å². The normalized spacial score (nSPS) is 24.3. The molecule has 2 atom stereocenters. The number of rotatable bonds is 3. The van der Waals surface area contributed by atoms with Crippen molar-refractivity contribution in [3.63, 3.8) is 0 Å². The molecule has 1 aliphatic heterocycles. The van der Waals surface area contributed by atoms with Gasteiger partial charge < -0.3 is 10.6 Å². The number of piperazine rings is 1. The van der Waals surface area contributed by atoms with Gasteiger partial charge in [0, 0.05) is 38.1 Å². The van der Waals surface area contributed by atoms with Crippen molar-refractivity contribution in [3.05, 3.63) is 29.3 Å². The van der Waals surface area contributed by atoms with Gasteiger partial charge in [0.05, 0.1) is 4.90 Å². The van der Waals surface area contributed by atoms with Crippen LogP contribution in [0.5, 0.6) is 0 Å². The number of aryl methyl sites for hydroxylation is 2. The summed E-state index contributed by atoms with van der Waals surface area (Å²) in [7, 11) is -3.50. The molecule has 0 radical (unpaired) electrons. The van der Waals surface area contributed by atoms with E-state index in [1.807, 2.05) is 19.9 Å². The van der Waals surface area contributed by atoms with Gasteiger partial charge in [0.25, 0.3) is 0 Å². The van der Waals surface area contributed by atoms with E-state index in [-0.39, 0.29) is 30.3 Å². The predicted octanol–water partition coefficient (Wildman–Crippen LogP) is 1.69. The standard InChI is InChI=1S/C18H27N3O3S.ClH/c1-13-3-6-17(11-14(13)2)25(23,24)21-9-7-20(8-10-21)18(22)15-4-5-16(19)12-15;/h3,6,11,15-16H,4-5,7-10,12,19H2,1-2H3;1H. The highest BCUT2D eigenvalue weighted by Gasteiger charge is 2.35.